The Morgan fingerprint density at radius 3 is 2.91 bits per heavy atom. The summed E-state index contributed by atoms with van der Waals surface area (Å²) < 4.78 is 0. The molecule has 0 aromatic carbocycles. The number of allylic oxidation sites excluding steroid dienone is 2. The number of amides is 1. The summed E-state index contributed by atoms with van der Waals surface area (Å²) in [6.07, 6.45) is 8.06. The van der Waals surface area contributed by atoms with Crippen LogP contribution in [0.25, 0.3) is 0 Å². The minimum Gasteiger partial charge on any atom is -0.342 e. The highest BCUT2D eigenvalue weighted by Crippen LogP contribution is 2.34. The van der Waals surface area contributed by atoms with Crippen LogP contribution in [0.2, 0.25) is 0 Å². The molecule has 126 valence electrons. The lowest BCUT2D eigenvalue weighted by atomic mass is 9.77. The normalized spacial score (nSPS) is 21.3. The number of piperidine rings is 1. The third-order valence-electron chi connectivity index (χ3n) is 4.54. The molecule has 1 N–H and O–H groups in total. The fraction of sp³-hybridized carbons (Fsp3) is 0.611. The van der Waals surface area contributed by atoms with E-state index in [1.165, 1.54) is 18.0 Å². The Morgan fingerprint density at radius 2 is 2.22 bits per heavy atom. The van der Waals surface area contributed by atoms with Crippen LogP contribution in [0.3, 0.4) is 0 Å². The molecule has 1 amide bonds. The second-order valence-corrected chi connectivity index (χ2v) is 7.10. The summed E-state index contributed by atoms with van der Waals surface area (Å²) in [6, 6.07) is 1.50. The van der Waals surface area contributed by atoms with Crippen LogP contribution in [0, 0.1) is 5.41 Å². The van der Waals surface area contributed by atoms with Crippen molar-refractivity contribution in [3.63, 3.8) is 0 Å². The fourth-order valence-corrected chi connectivity index (χ4v) is 3.11. The quantitative estimate of drug-likeness (QED) is 0.820. The molecule has 23 heavy (non-hydrogen) atoms. The predicted octanol–water partition coefficient (Wildman–Crippen LogP) is 2.69. The number of carbonyl (C=O) groups is 1. The largest absolute Gasteiger partial charge is 0.342 e. The van der Waals surface area contributed by atoms with Gasteiger partial charge in [0.2, 0.25) is 5.91 Å². The van der Waals surface area contributed by atoms with E-state index < -0.39 is 0 Å². The lowest BCUT2D eigenvalue weighted by molar-refractivity contribution is -0.137. The first-order valence-corrected chi connectivity index (χ1v) is 8.33. The van der Waals surface area contributed by atoms with Crippen molar-refractivity contribution in [3.05, 3.63) is 40.1 Å². The van der Waals surface area contributed by atoms with Gasteiger partial charge in [-0.2, -0.15) is 0 Å². The maximum absolute atomic E-state index is 12.2. The van der Waals surface area contributed by atoms with Crippen LogP contribution in [-0.4, -0.2) is 33.9 Å². The molecule has 0 radical (unpaired) electrons. The molecule has 5 heteroatoms. The second-order valence-electron chi connectivity index (χ2n) is 7.10. The first kappa shape index (κ1) is 17.4. The van der Waals surface area contributed by atoms with E-state index >= 15 is 0 Å². The van der Waals surface area contributed by atoms with Gasteiger partial charge in [-0.1, -0.05) is 18.6 Å². The molecule has 1 atom stereocenters. The van der Waals surface area contributed by atoms with E-state index in [4.69, 9.17) is 0 Å². The standard InChI is InChI=1S/C18H27N3O2/c1-14(2)5-4-8-18(3)9-6-17(23)21(12-18)10-7-15-11-16(22)20-13-19-15/h5,11,13H,4,6-10,12H2,1-3H3,(H,19,20,22)/t18-/m0/s1. The zero-order chi connectivity index (χ0) is 16.9. The molecule has 1 aliphatic rings. The summed E-state index contributed by atoms with van der Waals surface area (Å²) in [7, 11) is 0. The number of aromatic nitrogens is 2. The summed E-state index contributed by atoms with van der Waals surface area (Å²) in [5.41, 5.74) is 2.11. The van der Waals surface area contributed by atoms with Gasteiger partial charge in [-0.3, -0.25) is 9.59 Å². The Hall–Kier alpha value is -1.91. The SMILES string of the molecule is CC(C)=CCC[C@@]1(C)CCC(=O)N(CCc2cc(=O)[nH]cn2)C1. The number of hydrogen-bond acceptors (Lipinski definition) is 3. The zero-order valence-corrected chi connectivity index (χ0v) is 14.4. The Bertz CT molecular complexity index is 631. The van der Waals surface area contributed by atoms with E-state index in [9.17, 15) is 9.59 Å². The average Bonchev–Trinajstić information content (AvgIpc) is 2.48. The highest BCUT2D eigenvalue weighted by atomic mass is 16.2. The molecule has 1 fully saturated rings. The molecule has 1 aromatic heterocycles. The number of likely N-dealkylation sites (tertiary alicyclic amines) is 1. The molecule has 2 rings (SSSR count). The molecule has 1 saturated heterocycles. The van der Waals surface area contributed by atoms with Crippen LogP contribution >= 0.6 is 0 Å². The van der Waals surface area contributed by atoms with Gasteiger partial charge < -0.3 is 9.88 Å². The van der Waals surface area contributed by atoms with Gasteiger partial charge in [-0.05, 0) is 38.5 Å². The first-order chi connectivity index (χ1) is 10.9. The minimum absolute atomic E-state index is 0.147. The Kier molecular flexibility index (Phi) is 5.74. The third kappa shape index (κ3) is 5.34. The van der Waals surface area contributed by atoms with Gasteiger partial charge in [-0.25, -0.2) is 4.98 Å². The van der Waals surface area contributed by atoms with Crippen LogP contribution < -0.4 is 5.56 Å². The number of nitrogens with zero attached hydrogens (tertiary/aromatic N) is 2. The number of aromatic amines is 1. The van der Waals surface area contributed by atoms with Crippen LogP contribution in [0.5, 0.6) is 0 Å². The number of rotatable bonds is 6. The second kappa shape index (κ2) is 7.57. The molecule has 0 saturated carbocycles. The average molecular weight is 317 g/mol. The van der Waals surface area contributed by atoms with E-state index in [1.807, 2.05) is 4.90 Å². The molecule has 0 bridgehead atoms. The molecule has 2 heterocycles. The predicted molar refractivity (Wildman–Crippen MR) is 91.1 cm³/mol. The van der Waals surface area contributed by atoms with Crippen molar-refractivity contribution in [3.8, 4) is 0 Å². The minimum atomic E-state index is -0.147. The summed E-state index contributed by atoms with van der Waals surface area (Å²) in [4.78, 5) is 32.1. The summed E-state index contributed by atoms with van der Waals surface area (Å²) in [5.74, 6) is 0.217. The highest BCUT2D eigenvalue weighted by Gasteiger charge is 2.34. The number of H-pyrrole nitrogens is 1. The lowest BCUT2D eigenvalue weighted by Crippen LogP contribution is -2.46. The molecule has 5 nitrogen and oxygen atoms in total. The first-order valence-electron chi connectivity index (χ1n) is 8.33. The third-order valence-corrected chi connectivity index (χ3v) is 4.54. The number of hydrogen-bond donors (Lipinski definition) is 1. The van der Waals surface area contributed by atoms with Crippen molar-refractivity contribution < 1.29 is 4.79 Å². The van der Waals surface area contributed by atoms with E-state index in [-0.39, 0.29) is 16.9 Å². The lowest BCUT2D eigenvalue weighted by Gasteiger charge is -2.40. The smallest absolute Gasteiger partial charge is 0.250 e. The fourth-order valence-electron chi connectivity index (χ4n) is 3.11. The summed E-state index contributed by atoms with van der Waals surface area (Å²) in [5, 5.41) is 0. The van der Waals surface area contributed by atoms with Gasteiger partial charge in [-0.15, -0.1) is 0 Å². The van der Waals surface area contributed by atoms with Gasteiger partial charge in [0.1, 0.15) is 0 Å². The Labute approximate surface area is 137 Å². The van der Waals surface area contributed by atoms with Gasteiger partial charge >= 0.3 is 0 Å². The van der Waals surface area contributed by atoms with Crippen LogP contribution in [0.15, 0.2) is 28.8 Å². The Balaban J connectivity index is 1.93. The molecular formula is C18H27N3O2. The molecule has 0 aliphatic carbocycles. The van der Waals surface area contributed by atoms with Crippen molar-refractivity contribution in [2.75, 3.05) is 13.1 Å². The van der Waals surface area contributed by atoms with Crippen molar-refractivity contribution in [2.24, 2.45) is 5.41 Å². The van der Waals surface area contributed by atoms with Crippen molar-refractivity contribution in [2.45, 2.75) is 52.9 Å². The van der Waals surface area contributed by atoms with Crippen molar-refractivity contribution >= 4 is 5.91 Å². The summed E-state index contributed by atoms with van der Waals surface area (Å²) in [6.45, 7) is 7.94. The van der Waals surface area contributed by atoms with Gasteiger partial charge in [0.15, 0.2) is 0 Å². The topological polar surface area (TPSA) is 66.1 Å². The monoisotopic (exact) mass is 317 g/mol. The molecule has 1 aromatic rings. The van der Waals surface area contributed by atoms with E-state index in [2.05, 4.69) is 36.8 Å². The summed E-state index contributed by atoms with van der Waals surface area (Å²) >= 11 is 0. The molecule has 0 unspecified atom stereocenters. The van der Waals surface area contributed by atoms with E-state index in [0.717, 1.165) is 31.5 Å². The van der Waals surface area contributed by atoms with Crippen molar-refractivity contribution in [1.82, 2.24) is 14.9 Å². The molecule has 1 aliphatic heterocycles. The van der Waals surface area contributed by atoms with E-state index in [0.29, 0.717) is 19.4 Å². The number of carbonyl (C=O) groups excluding carboxylic acids is 1. The van der Waals surface area contributed by atoms with E-state index in [1.54, 1.807) is 0 Å². The maximum Gasteiger partial charge on any atom is 0.250 e. The zero-order valence-electron chi connectivity index (χ0n) is 14.4. The highest BCUT2D eigenvalue weighted by molar-refractivity contribution is 5.77. The Morgan fingerprint density at radius 1 is 1.43 bits per heavy atom. The van der Waals surface area contributed by atoms with Gasteiger partial charge in [0.05, 0.1) is 6.33 Å². The number of nitrogens with one attached hydrogen (secondary N) is 1. The van der Waals surface area contributed by atoms with Crippen LogP contribution in [0.1, 0.15) is 52.1 Å². The van der Waals surface area contributed by atoms with Gasteiger partial charge in [0.25, 0.3) is 5.56 Å². The van der Waals surface area contributed by atoms with Crippen molar-refractivity contribution in [1.29, 1.82) is 0 Å². The molecule has 0 spiro atoms. The van der Waals surface area contributed by atoms with Gasteiger partial charge in [0, 0.05) is 37.7 Å². The molecular weight excluding hydrogens is 290 g/mol. The maximum atomic E-state index is 12.2. The van der Waals surface area contributed by atoms with Crippen LogP contribution in [0.4, 0.5) is 0 Å². The van der Waals surface area contributed by atoms with Crippen LogP contribution in [-0.2, 0) is 11.2 Å².